The van der Waals surface area contributed by atoms with E-state index in [2.05, 4.69) is 25.5 Å². The molecule has 0 spiro atoms. The normalized spacial score (nSPS) is 16.6. The number of carbonyl (C=O) groups is 2. The number of amides is 2. The van der Waals surface area contributed by atoms with Gasteiger partial charge in [-0.3, -0.25) is 9.59 Å². The summed E-state index contributed by atoms with van der Waals surface area (Å²) in [6.45, 7) is 4.43. The first-order valence-corrected chi connectivity index (χ1v) is 10.8. The van der Waals surface area contributed by atoms with Gasteiger partial charge in [0.25, 0.3) is 5.91 Å². The number of benzene rings is 1. The molecule has 2 fully saturated rings. The standard InChI is InChI=1S/C21H26ClN7O2/c1-13(30)28-7-9-29(10-8-28)18-6-5-15(11-17(18)22)26-21-24-12-16(19(23)31)20(27-21)25-14-3-2-4-14/h5-6,11-12,14H,2-4,7-10H2,1H3,(H2,23,31)(H2,24,25,26,27). The first kappa shape index (κ1) is 21.2. The minimum Gasteiger partial charge on any atom is -0.367 e. The molecule has 2 amide bonds. The molecule has 0 radical (unpaired) electrons. The molecule has 4 N–H and O–H groups in total. The second kappa shape index (κ2) is 8.97. The summed E-state index contributed by atoms with van der Waals surface area (Å²) in [5.74, 6) is 0.330. The van der Waals surface area contributed by atoms with Crippen molar-refractivity contribution in [3.63, 3.8) is 0 Å². The lowest BCUT2D eigenvalue weighted by Gasteiger charge is -2.36. The highest BCUT2D eigenvalue weighted by molar-refractivity contribution is 6.33. The van der Waals surface area contributed by atoms with E-state index in [0.29, 0.717) is 35.9 Å². The van der Waals surface area contributed by atoms with Crippen LogP contribution in [0.5, 0.6) is 0 Å². The Balaban J connectivity index is 1.47. The predicted octanol–water partition coefficient (Wildman–Crippen LogP) is 2.61. The van der Waals surface area contributed by atoms with Crippen LogP contribution >= 0.6 is 11.6 Å². The van der Waals surface area contributed by atoms with Crippen LogP contribution in [0, 0.1) is 0 Å². The van der Waals surface area contributed by atoms with Gasteiger partial charge >= 0.3 is 0 Å². The molecule has 1 saturated heterocycles. The van der Waals surface area contributed by atoms with Crippen LogP contribution in [-0.2, 0) is 4.79 Å². The predicted molar refractivity (Wildman–Crippen MR) is 121 cm³/mol. The fourth-order valence-electron chi connectivity index (χ4n) is 3.71. The van der Waals surface area contributed by atoms with Gasteiger partial charge in [-0.2, -0.15) is 4.98 Å². The maximum Gasteiger partial charge on any atom is 0.254 e. The van der Waals surface area contributed by atoms with Gasteiger partial charge in [0.1, 0.15) is 5.82 Å². The summed E-state index contributed by atoms with van der Waals surface area (Å²) in [6.07, 6.45) is 4.68. The zero-order chi connectivity index (χ0) is 22.0. The van der Waals surface area contributed by atoms with Gasteiger partial charge in [-0.05, 0) is 37.5 Å². The molecule has 1 saturated carbocycles. The van der Waals surface area contributed by atoms with Crippen LogP contribution in [0.1, 0.15) is 36.5 Å². The lowest BCUT2D eigenvalue weighted by atomic mass is 9.93. The second-order valence-corrected chi connectivity index (χ2v) is 8.28. The van der Waals surface area contributed by atoms with Crippen molar-refractivity contribution in [2.45, 2.75) is 32.2 Å². The van der Waals surface area contributed by atoms with Crippen molar-refractivity contribution in [2.24, 2.45) is 5.73 Å². The molecule has 10 heteroatoms. The Morgan fingerprint density at radius 2 is 1.94 bits per heavy atom. The highest BCUT2D eigenvalue weighted by atomic mass is 35.5. The van der Waals surface area contributed by atoms with Crippen molar-refractivity contribution in [1.29, 1.82) is 0 Å². The molecule has 164 valence electrons. The lowest BCUT2D eigenvalue weighted by Crippen LogP contribution is -2.48. The molecule has 1 aromatic heterocycles. The second-order valence-electron chi connectivity index (χ2n) is 7.88. The summed E-state index contributed by atoms with van der Waals surface area (Å²) in [6, 6.07) is 5.97. The molecule has 0 bridgehead atoms. The molecule has 2 aliphatic rings. The van der Waals surface area contributed by atoms with E-state index in [1.54, 1.807) is 6.92 Å². The van der Waals surface area contributed by atoms with E-state index in [4.69, 9.17) is 17.3 Å². The number of piperazine rings is 1. The zero-order valence-electron chi connectivity index (χ0n) is 17.4. The zero-order valence-corrected chi connectivity index (χ0v) is 18.2. The molecule has 4 rings (SSSR count). The average Bonchev–Trinajstić information content (AvgIpc) is 2.71. The molecule has 2 aromatic rings. The average molecular weight is 444 g/mol. The minimum atomic E-state index is -0.564. The molecule has 1 aromatic carbocycles. The molecular weight excluding hydrogens is 418 g/mol. The third kappa shape index (κ3) is 4.82. The third-order valence-electron chi connectivity index (χ3n) is 5.77. The van der Waals surface area contributed by atoms with Gasteiger partial charge in [0.2, 0.25) is 11.9 Å². The maximum absolute atomic E-state index is 11.7. The Morgan fingerprint density at radius 3 is 2.52 bits per heavy atom. The van der Waals surface area contributed by atoms with Crippen LogP contribution in [0.15, 0.2) is 24.4 Å². The fourth-order valence-corrected chi connectivity index (χ4v) is 4.01. The van der Waals surface area contributed by atoms with E-state index in [1.165, 1.54) is 6.20 Å². The van der Waals surface area contributed by atoms with Crippen molar-refractivity contribution < 1.29 is 9.59 Å². The number of primary amides is 1. The van der Waals surface area contributed by atoms with Gasteiger partial charge in [0.15, 0.2) is 0 Å². The summed E-state index contributed by atoms with van der Waals surface area (Å²) < 4.78 is 0. The summed E-state index contributed by atoms with van der Waals surface area (Å²) in [5.41, 5.74) is 7.39. The van der Waals surface area contributed by atoms with Gasteiger partial charge in [-0.1, -0.05) is 11.6 Å². The SMILES string of the molecule is CC(=O)N1CCN(c2ccc(Nc3ncc(C(N)=O)c(NC4CCC4)n3)cc2Cl)CC1. The van der Waals surface area contributed by atoms with E-state index in [9.17, 15) is 9.59 Å². The number of aromatic nitrogens is 2. The number of hydrogen-bond donors (Lipinski definition) is 3. The van der Waals surface area contributed by atoms with Crippen LogP contribution < -0.4 is 21.3 Å². The molecule has 9 nitrogen and oxygen atoms in total. The van der Waals surface area contributed by atoms with Crippen LogP contribution in [0.25, 0.3) is 0 Å². The van der Waals surface area contributed by atoms with Crippen LogP contribution in [0.4, 0.5) is 23.1 Å². The van der Waals surface area contributed by atoms with Gasteiger partial charge in [0.05, 0.1) is 16.3 Å². The van der Waals surface area contributed by atoms with E-state index >= 15 is 0 Å². The van der Waals surface area contributed by atoms with Crippen LogP contribution in [0.3, 0.4) is 0 Å². The molecule has 1 aliphatic carbocycles. The maximum atomic E-state index is 11.7. The van der Waals surface area contributed by atoms with Crippen molar-refractivity contribution in [2.75, 3.05) is 41.7 Å². The highest BCUT2D eigenvalue weighted by Crippen LogP contribution is 2.31. The monoisotopic (exact) mass is 443 g/mol. The first-order chi connectivity index (χ1) is 14.9. The Labute approximate surface area is 186 Å². The number of nitrogens with zero attached hydrogens (tertiary/aromatic N) is 4. The summed E-state index contributed by atoms with van der Waals surface area (Å²) in [7, 11) is 0. The van der Waals surface area contributed by atoms with Crippen molar-refractivity contribution in [1.82, 2.24) is 14.9 Å². The highest BCUT2D eigenvalue weighted by Gasteiger charge is 2.22. The number of carbonyl (C=O) groups excluding carboxylic acids is 2. The van der Waals surface area contributed by atoms with E-state index in [0.717, 1.165) is 43.7 Å². The van der Waals surface area contributed by atoms with Crippen LogP contribution in [0.2, 0.25) is 5.02 Å². The van der Waals surface area contributed by atoms with Crippen molar-refractivity contribution in [3.8, 4) is 0 Å². The number of halogens is 1. The van der Waals surface area contributed by atoms with E-state index in [-0.39, 0.29) is 11.5 Å². The van der Waals surface area contributed by atoms with Crippen molar-refractivity contribution >= 4 is 46.6 Å². The van der Waals surface area contributed by atoms with Crippen LogP contribution in [-0.4, -0.2) is 58.9 Å². The number of nitrogens with two attached hydrogens (primary N) is 1. The largest absolute Gasteiger partial charge is 0.367 e. The van der Waals surface area contributed by atoms with Gasteiger partial charge in [0, 0.05) is 51.0 Å². The molecule has 31 heavy (non-hydrogen) atoms. The Bertz CT molecular complexity index is 988. The molecular formula is C21H26ClN7O2. The summed E-state index contributed by atoms with van der Waals surface area (Å²) in [5, 5.41) is 7.02. The Morgan fingerprint density at radius 1 is 1.19 bits per heavy atom. The van der Waals surface area contributed by atoms with Gasteiger partial charge < -0.3 is 26.2 Å². The lowest BCUT2D eigenvalue weighted by molar-refractivity contribution is -0.129. The summed E-state index contributed by atoms with van der Waals surface area (Å²) in [4.78, 5) is 35.9. The van der Waals surface area contributed by atoms with Crippen molar-refractivity contribution in [3.05, 3.63) is 35.0 Å². The third-order valence-corrected chi connectivity index (χ3v) is 6.07. The first-order valence-electron chi connectivity index (χ1n) is 10.4. The quantitative estimate of drug-likeness (QED) is 0.628. The fraction of sp³-hybridized carbons (Fsp3) is 0.429. The molecule has 0 unspecified atom stereocenters. The van der Waals surface area contributed by atoms with Gasteiger partial charge in [-0.15, -0.1) is 0 Å². The number of anilines is 4. The van der Waals surface area contributed by atoms with E-state index in [1.807, 2.05) is 23.1 Å². The smallest absolute Gasteiger partial charge is 0.254 e. The Kier molecular flexibility index (Phi) is 6.13. The topological polar surface area (TPSA) is 116 Å². The molecule has 0 atom stereocenters. The molecule has 1 aliphatic heterocycles. The molecule has 2 heterocycles. The summed E-state index contributed by atoms with van der Waals surface area (Å²) >= 11 is 6.54. The number of hydrogen-bond acceptors (Lipinski definition) is 7. The Hall–Kier alpha value is -3.07. The number of rotatable bonds is 6. The van der Waals surface area contributed by atoms with E-state index < -0.39 is 5.91 Å². The van der Waals surface area contributed by atoms with Gasteiger partial charge in [-0.25, -0.2) is 4.98 Å². The number of nitrogens with one attached hydrogen (secondary N) is 2. The minimum absolute atomic E-state index is 0.0961.